The fraction of sp³-hybridized carbons (Fsp3) is 0.143. The van der Waals surface area contributed by atoms with Crippen molar-refractivity contribution in [2.75, 3.05) is 0 Å². The molecule has 0 unspecified atom stereocenters. The quantitative estimate of drug-likeness (QED) is 0.474. The van der Waals surface area contributed by atoms with Crippen LogP contribution in [0.5, 0.6) is 5.75 Å². The summed E-state index contributed by atoms with van der Waals surface area (Å²) in [6.45, 7) is 0. The van der Waals surface area contributed by atoms with Gasteiger partial charge in [-0.15, -0.1) is 13.2 Å². The zero-order valence-corrected chi connectivity index (χ0v) is 9.57. The lowest BCUT2D eigenvalue weighted by atomic mass is 10.3. The molecule has 0 aliphatic heterocycles. The first-order valence-corrected chi connectivity index (χ1v) is 6.16. The number of hydrogen-bond donors (Lipinski definition) is 0. The summed E-state index contributed by atoms with van der Waals surface area (Å²) in [6, 6.07) is 1.51. The molecule has 0 bridgehead atoms. The number of pyridine rings is 1. The van der Waals surface area contributed by atoms with Crippen LogP contribution in [0.25, 0.3) is 0 Å². The average Bonchev–Trinajstić information content (AvgIpc) is 2.17. The van der Waals surface area contributed by atoms with E-state index in [4.69, 9.17) is 15.9 Å². The number of halogens is 5. The molecule has 0 aliphatic rings. The maximum atomic E-state index is 13.1. The molecule has 0 spiro atoms. The van der Waals surface area contributed by atoms with Crippen molar-refractivity contribution in [2.24, 2.45) is 0 Å². The Bertz CT molecular complexity index is 623. The molecule has 0 radical (unpaired) electrons. The van der Waals surface area contributed by atoms with Gasteiger partial charge in [0.05, 0.1) is 0 Å². The Balaban J connectivity index is 3.45. The number of ether oxygens (including phenoxy) is 1. The molecule has 0 fully saturated rings. The van der Waals surface area contributed by atoms with E-state index in [1.807, 2.05) is 0 Å². The fourth-order valence-electron chi connectivity index (χ4n) is 0.901. The van der Waals surface area contributed by atoms with Gasteiger partial charge < -0.3 is 4.74 Å². The molecule has 1 heterocycles. The number of nitriles is 1. The first-order chi connectivity index (χ1) is 8.04. The second-order valence-electron chi connectivity index (χ2n) is 2.73. The molecule has 1 aromatic rings. The Kier molecular flexibility index (Phi) is 3.68. The van der Waals surface area contributed by atoms with Gasteiger partial charge in [-0.05, 0) is 6.07 Å². The van der Waals surface area contributed by atoms with Crippen molar-refractivity contribution in [1.29, 1.82) is 5.26 Å². The maximum Gasteiger partial charge on any atom is 0.573 e. The van der Waals surface area contributed by atoms with Crippen molar-refractivity contribution in [1.82, 2.24) is 4.98 Å². The van der Waals surface area contributed by atoms with Crippen LogP contribution < -0.4 is 4.74 Å². The van der Waals surface area contributed by atoms with Crippen LogP contribution in [0.2, 0.25) is 0 Å². The first kappa shape index (κ1) is 14.5. The van der Waals surface area contributed by atoms with Gasteiger partial charge in [0, 0.05) is 10.7 Å². The number of hydrogen-bond acceptors (Lipinski definition) is 5. The monoisotopic (exact) mass is 304 g/mol. The molecule has 0 amide bonds. The van der Waals surface area contributed by atoms with Gasteiger partial charge in [-0.3, -0.25) is 0 Å². The Hall–Kier alpha value is -1.60. The van der Waals surface area contributed by atoms with Crippen LogP contribution >= 0.6 is 10.7 Å². The summed E-state index contributed by atoms with van der Waals surface area (Å²) in [5, 5.41) is 7.41. The minimum atomic E-state index is -5.25. The Labute approximate surface area is 102 Å². The van der Waals surface area contributed by atoms with Crippen molar-refractivity contribution in [3.63, 3.8) is 0 Å². The topological polar surface area (TPSA) is 80.0 Å². The van der Waals surface area contributed by atoms with Crippen LogP contribution in [-0.2, 0) is 9.05 Å². The van der Waals surface area contributed by atoms with Crippen LogP contribution in [0.1, 0.15) is 5.56 Å². The molecule has 0 aliphatic carbocycles. The summed E-state index contributed by atoms with van der Waals surface area (Å²) in [7, 11) is 0.330. The lowest BCUT2D eigenvalue weighted by molar-refractivity contribution is -0.275. The SMILES string of the molecule is N#Cc1cc(S(=O)(=O)Cl)nc(F)c1OC(F)(F)F. The van der Waals surface area contributed by atoms with Crippen molar-refractivity contribution in [3.8, 4) is 11.8 Å². The lowest BCUT2D eigenvalue weighted by Crippen LogP contribution is -2.19. The molecular formula is C7HClF4N2O3S. The predicted molar refractivity (Wildman–Crippen MR) is 48.6 cm³/mol. The van der Waals surface area contributed by atoms with E-state index in [-0.39, 0.29) is 0 Å². The van der Waals surface area contributed by atoms with E-state index in [9.17, 15) is 26.0 Å². The third kappa shape index (κ3) is 3.44. The average molecular weight is 305 g/mol. The van der Waals surface area contributed by atoms with E-state index < -0.39 is 37.7 Å². The fourth-order valence-corrected chi connectivity index (χ4v) is 1.59. The van der Waals surface area contributed by atoms with Gasteiger partial charge in [-0.2, -0.15) is 9.65 Å². The highest BCUT2D eigenvalue weighted by Crippen LogP contribution is 2.30. The molecule has 11 heteroatoms. The zero-order chi connectivity index (χ0) is 14.1. The highest BCUT2D eigenvalue weighted by atomic mass is 35.7. The Morgan fingerprint density at radius 3 is 2.39 bits per heavy atom. The van der Waals surface area contributed by atoms with E-state index in [0.717, 1.165) is 6.07 Å². The number of nitrogens with zero attached hydrogens (tertiary/aromatic N) is 2. The molecule has 0 N–H and O–H groups in total. The molecular weight excluding hydrogens is 304 g/mol. The molecule has 1 aromatic heterocycles. The van der Waals surface area contributed by atoms with Gasteiger partial charge in [0.2, 0.25) is 5.75 Å². The van der Waals surface area contributed by atoms with E-state index in [0.29, 0.717) is 6.07 Å². The Morgan fingerprint density at radius 1 is 1.44 bits per heavy atom. The first-order valence-electron chi connectivity index (χ1n) is 3.85. The van der Waals surface area contributed by atoms with Crippen LogP contribution in [-0.4, -0.2) is 19.8 Å². The Morgan fingerprint density at radius 2 is 2.00 bits per heavy atom. The summed E-state index contributed by atoms with van der Waals surface area (Å²) >= 11 is 0. The van der Waals surface area contributed by atoms with E-state index in [1.165, 1.54) is 0 Å². The van der Waals surface area contributed by atoms with Crippen molar-refractivity contribution < 1.29 is 30.7 Å². The second-order valence-corrected chi connectivity index (χ2v) is 5.24. The van der Waals surface area contributed by atoms with Crippen LogP contribution in [0, 0.1) is 17.3 Å². The highest BCUT2D eigenvalue weighted by Gasteiger charge is 2.35. The summed E-state index contributed by atoms with van der Waals surface area (Å²) in [4.78, 5) is 2.67. The number of rotatable bonds is 2. The zero-order valence-electron chi connectivity index (χ0n) is 7.99. The van der Waals surface area contributed by atoms with Gasteiger partial charge in [-0.1, -0.05) is 0 Å². The molecule has 0 aromatic carbocycles. The summed E-state index contributed by atoms with van der Waals surface area (Å²) in [5.74, 6) is -3.43. The maximum absolute atomic E-state index is 13.1. The van der Waals surface area contributed by atoms with Crippen LogP contribution in [0.15, 0.2) is 11.1 Å². The molecule has 0 saturated heterocycles. The third-order valence-corrected chi connectivity index (χ3v) is 2.68. The number of aromatic nitrogens is 1. The predicted octanol–water partition coefficient (Wildman–Crippen LogP) is 1.92. The van der Waals surface area contributed by atoms with Crippen molar-refractivity contribution in [3.05, 3.63) is 17.6 Å². The standard InChI is InChI=1S/C7HClF4N2O3S/c8-18(15,16)4-1-3(2-13)5(6(9)14-4)17-7(10,11)12/h1H. The van der Waals surface area contributed by atoms with Crippen LogP contribution in [0.4, 0.5) is 17.6 Å². The summed E-state index contributed by atoms with van der Waals surface area (Å²) < 4.78 is 73.7. The van der Waals surface area contributed by atoms with Gasteiger partial charge in [-0.25, -0.2) is 13.4 Å². The van der Waals surface area contributed by atoms with Crippen molar-refractivity contribution >= 4 is 19.7 Å². The van der Waals surface area contributed by atoms with E-state index in [2.05, 4.69) is 9.72 Å². The molecule has 98 valence electrons. The van der Waals surface area contributed by atoms with Crippen LogP contribution in [0.3, 0.4) is 0 Å². The highest BCUT2D eigenvalue weighted by molar-refractivity contribution is 8.13. The molecule has 5 nitrogen and oxygen atoms in total. The van der Waals surface area contributed by atoms with Gasteiger partial charge in [0.15, 0.2) is 5.03 Å². The summed E-state index contributed by atoms with van der Waals surface area (Å²) in [6.07, 6.45) is -5.25. The second kappa shape index (κ2) is 4.58. The smallest absolute Gasteiger partial charge is 0.399 e. The molecule has 1 rings (SSSR count). The normalized spacial score (nSPS) is 12.0. The van der Waals surface area contributed by atoms with E-state index >= 15 is 0 Å². The minimum absolute atomic E-state index is 0.368. The molecule has 0 atom stereocenters. The third-order valence-electron chi connectivity index (χ3n) is 1.50. The summed E-state index contributed by atoms with van der Waals surface area (Å²) in [5.41, 5.74) is -1.00. The van der Waals surface area contributed by atoms with Crippen molar-refractivity contribution in [2.45, 2.75) is 11.4 Å². The van der Waals surface area contributed by atoms with Gasteiger partial charge >= 0.3 is 6.36 Å². The molecule has 0 saturated carbocycles. The molecule has 18 heavy (non-hydrogen) atoms. The van der Waals surface area contributed by atoms with Gasteiger partial charge in [0.1, 0.15) is 11.6 Å². The lowest BCUT2D eigenvalue weighted by Gasteiger charge is -2.10. The van der Waals surface area contributed by atoms with Gasteiger partial charge in [0.25, 0.3) is 15.0 Å². The van der Waals surface area contributed by atoms with E-state index in [1.54, 1.807) is 0 Å². The number of alkyl halides is 3. The minimum Gasteiger partial charge on any atom is -0.399 e. The largest absolute Gasteiger partial charge is 0.573 e.